The molecule has 13 heavy (non-hydrogen) atoms. The fourth-order valence-electron chi connectivity index (χ4n) is 3.25. The highest BCUT2D eigenvalue weighted by Gasteiger charge is 2.38. The maximum absolute atomic E-state index is 2.59. The molecule has 0 aromatic carbocycles. The number of hydrogen-bond donors (Lipinski definition) is 0. The summed E-state index contributed by atoms with van der Waals surface area (Å²) in [7, 11) is -0.741. The molecule has 0 radical (unpaired) electrons. The Labute approximate surface area is 85.1 Å². The van der Waals surface area contributed by atoms with Crippen LogP contribution in [0.15, 0.2) is 0 Å². The van der Waals surface area contributed by atoms with Crippen LogP contribution in [0.5, 0.6) is 0 Å². The molecule has 1 heteroatoms. The fourth-order valence-corrected chi connectivity index (χ4v) is 7.33. The van der Waals surface area contributed by atoms with E-state index in [1.54, 1.807) is 12.1 Å². The van der Waals surface area contributed by atoms with E-state index in [2.05, 4.69) is 26.9 Å². The summed E-state index contributed by atoms with van der Waals surface area (Å²) in [6.45, 7) is 9.86. The summed E-state index contributed by atoms with van der Waals surface area (Å²) in [6, 6.07) is 3.23. The predicted octanol–water partition coefficient (Wildman–Crippen LogP) is 4.54. The van der Waals surface area contributed by atoms with Crippen LogP contribution in [0.1, 0.15) is 39.5 Å². The Morgan fingerprint density at radius 2 is 1.31 bits per heavy atom. The quantitative estimate of drug-likeness (QED) is 0.582. The first-order valence-corrected chi connectivity index (χ1v) is 9.50. The van der Waals surface area contributed by atoms with Crippen molar-refractivity contribution in [1.82, 2.24) is 0 Å². The van der Waals surface area contributed by atoms with Crippen LogP contribution < -0.4 is 0 Å². The highest BCUT2D eigenvalue weighted by molar-refractivity contribution is 6.78. The van der Waals surface area contributed by atoms with Crippen molar-refractivity contribution in [2.24, 2.45) is 11.8 Å². The van der Waals surface area contributed by atoms with E-state index in [1.807, 2.05) is 0 Å². The van der Waals surface area contributed by atoms with Crippen molar-refractivity contribution in [2.75, 3.05) is 0 Å². The minimum Gasteiger partial charge on any atom is -0.0693 e. The van der Waals surface area contributed by atoms with Gasteiger partial charge in [0.2, 0.25) is 0 Å². The first kappa shape index (κ1) is 11.3. The van der Waals surface area contributed by atoms with Gasteiger partial charge in [0.15, 0.2) is 0 Å². The monoisotopic (exact) mass is 198 g/mol. The van der Waals surface area contributed by atoms with Crippen molar-refractivity contribution in [1.29, 1.82) is 0 Å². The Morgan fingerprint density at radius 1 is 0.923 bits per heavy atom. The fraction of sp³-hybridized carbons (Fsp3) is 1.00. The van der Waals surface area contributed by atoms with Gasteiger partial charge in [0, 0.05) is 8.07 Å². The van der Waals surface area contributed by atoms with Crippen LogP contribution in [0, 0.1) is 11.8 Å². The molecule has 0 N–H and O–H groups in total. The molecule has 0 aromatic heterocycles. The molecule has 0 nitrogen and oxygen atoms in total. The van der Waals surface area contributed by atoms with Gasteiger partial charge in [-0.25, -0.2) is 0 Å². The third-order valence-corrected chi connectivity index (χ3v) is 6.87. The lowest BCUT2D eigenvalue weighted by Gasteiger charge is -2.17. The first-order chi connectivity index (χ1) is 6.09. The summed E-state index contributed by atoms with van der Waals surface area (Å²) in [6.07, 6.45) is 5.80. The maximum Gasteiger partial charge on any atom is 0.0479 e. The molecule has 0 saturated carbocycles. The van der Waals surface area contributed by atoms with Gasteiger partial charge in [-0.3, -0.25) is 0 Å². The van der Waals surface area contributed by atoms with E-state index in [9.17, 15) is 0 Å². The molecule has 0 aromatic rings. The van der Waals surface area contributed by atoms with Crippen LogP contribution in [0.25, 0.3) is 0 Å². The Morgan fingerprint density at radius 3 is 1.62 bits per heavy atom. The van der Waals surface area contributed by atoms with Gasteiger partial charge in [-0.05, 0) is 11.8 Å². The lowest BCUT2D eigenvalue weighted by molar-refractivity contribution is 0.360. The molecule has 0 bridgehead atoms. The number of rotatable bonds is 4. The third-order valence-electron chi connectivity index (χ3n) is 3.62. The molecule has 0 aliphatic carbocycles. The van der Waals surface area contributed by atoms with Crippen LogP contribution >= 0.6 is 0 Å². The van der Waals surface area contributed by atoms with Crippen LogP contribution in [-0.4, -0.2) is 8.07 Å². The highest BCUT2D eigenvalue weighted by atomic mass is 28.3. The normalized spacial score (nSPS) is 32.3. The van der Waals surface area contributed by atoms with E-state index in [1.165, 1.54) is 25.7 Å². The third kappa shape index (κ3) is 3.12. The van der Waals surface area contributed by atoms with Crippen molar-refractivity contribution in [2.45, 2.75) is 64.7 Å². The van der Waals surface area contributed by atoms with Gasteiger partial charge >= 0.3 is 0 Å². The van der Waals surface area contributed by atoms with Crippen LogP contribution in [0.3, 0.4) is 0 Å². The Kier molecular flexibility index (Phi) is 4.02. The summed E-state index contributed by atoms with van der Waals surface area (Å²) in [5.41, 5.74) is 0. The second-order valence-corrected chi connectivity index (χ2v) is 10.8. The van der Waals surface area contributed by atoms with Crippen LogP contribution in [0.2, 0.25) is 25.2 Å². The zero-order chi connectivity index (χ0) is 9.90. The lowest BCUT2D eigenvalue weighted by atomic mass is 9.89. The minimum atomic E-state index is -0.741. The molecule has 0 amide bonds. The van der Waals surface area contributed by atoms with Gasteiger partial charge < -0.3 is 0 Å². The van der Waals surface area contributed by atoms with Crippen molar-refractivity contribution in [3.8, 4) is 0 Å². The largest absolute Gasteiger partial charge is 0.0693 e. The van der Waals surface area contributed by atoms with E-state index in [0.29, 0.717) is 0 Å². The smallest absolute Gasteiger partial charge is 0.0479 e. The summed E-state index contributed by atoms with van der Waals surface area (Å²) < 4.78 is 0. The van der Waals surface area contributed by atoms with E-state index < -0.39 is 8.07 Å². The van der Waals surface area contributed by atoms with Gasteiger partial charge in [-0.1, -0.05) is 64.7 Å². The zero-order valence-corrected chi connectivity index (χ0v) is 10.9. The van der Waals surface area contributed by atoms with Crippen molar-refractivity contribution in [3.05, 3.63) is 0 Å². The topological polar surface area (TPSA) is 0 Å². The second-order valence-electron chi connectivity index (χ2n) is 5.67. The molecule has 2 atom stereocenters. The molecular weight excluding hydrogens is 172 g/mol. The second kappa shape index (κ2) is 4.63. The van der Waals surface area contributed by atoms with Crippen LogP contribution in [-0.2, 0) is 0 Å². The lowest BCUT2D eigenvalue weighted by Crippen LogP contribution is -2.19. The Bertz CT molecular complexity index is 135. The van der Waals surface area contributed by atoms with E-state index in [4.69, 9.17) is 0 Å². The highest BCUT2D eigenvalue weighted by Crippen LogP contribution is 2.44. The Hall–Kier alpha value is 0.217. The minimum absolute atomic E-state index is 0.741. The Balaban J connectivity index is 2.49. The molecule has 1 aliphatic rings. The first-order valence-electron chi connectivity index (χ1n) is 6.09. The summed E-state index contributed by atoms with van der Waals surface area (Å²) in [5, 5.41) is 0. The average molecular weight is 198 g/mol. The average Bonchev–Trinajstić information content (AvgIpc) is 2.28. The molecule has 1 aliphatic heterocycles. The SMILES string of the molecule is CCCC1C[Si](C)(C)CC1CCC. The van der Waals surface area contributed by atoms with Gasteiger partial charge in [0.1, 0.15) is 0 Å². The predicted molar refractivity (Wildman–Crippen MR) is 63.9 cm³/mol. The summed E-state index contributed by atoms with van der Waals surface area (Å²) in [4.78, 5) is 0. The maximum atomic E-state index is 2.59. The van der Waals surface area contributed by atoms with Gasteiger partial charge in [-0.15, -0.1) is 0 Å². The molecule has 2 unspecified atom stereocenters. The molecule has 1 heterocycles. The van der Waals surface area contributed by atoms with Crippen molar-refractivity contribution >= 4 is 8.07 Å². The summed E-state index contributed by atoms with van der Waals surface area (Å²) in [5.74, 6) is 2.21. The van der Waals surface area contributed by atoms with Gasteiger partial charge in [0.25, 0.3) is 0 Å². The van der Waals surface area contributed by atoms with Gasteiger partial charge in [-0.2, -0.15) is 0 Å². The van der Waals surface area contributed by atoms with E-state index >= 15 is 0 Å². The molecule has 78 valence electrons. The van der Waals surface area contributed by atoms with Crippen LogP contribution in [0.4, 0.5) is 0 Å². The molecule has 0 spiro atoms. The van der Waals surface area contributed by atoms with E-state index in [-0.39, 0.29) is 0 Å². The molecule has 1 rings (SSSR count). The molecule has 1 saturated heterocycles. The van der Waals surface area contributed by atoms with Crippen molar-refractivity contribution in [3.63, 3.8) is 0 Å². The van der Waals surface area contributed by atoms with Crippen molar-refractivity contribution < 1.29 is 0 Å². The summed E-state index contributed by atoms with van der Waals surface area (Å²) >= 11 is 0. The number of hydrogen-bond acceptors (Lipinski definition) is 0. The van der Waals surface area contributed by atoms with E-state index in [0.717, 1.165) is 11.8 Å². The molecular formula is C12H26Si. The zero-order valence-electron chi connectivity index (χ0n) is 9.90. The van der Waals surface area contributed by atoms with Gasteiger partial charge in [0.05, 0.1) is 0 Å². The molecule has 1 fully saturated rings. The standard InChI is InChI=1S/C12H26Si/c1-5-7-11-9-13(3,4)10-12(11)8-6-2/h11-12H,5-10H2,1-4H3.